The Kier molecular flexibility index (Phi) is 6.55. The van der Waals surface area contributed by atoms with Crippen molar-refractivity contribution in [3.05, 3.63) is 22.4 Å². The van der Waals surface area contributed by atoms with Crippen LogP contribution in [0.4, 0.5) is 0 Å². The van der Waals surface area contributed by atoms with Gasteiger partial charge in [-0.25, -0.2) is 0 Å². The number of rotatable bonds is 8. The van der Waals surface area contributed by atoms with Crippen molar-refractivity contribution in [1.82, 2.24) is 4.90 Å². The summed E-state index contributed by atoms with van der Waals surface area (Å²) in [5, 5.41) is 2.03. The quantitative estimate of drug-likeness (QED) is 0.547. The highest BCUT2D eigenvalue weighted by Crippen LogP contribution is 2.21. The smallest absolute Gasteiger partial charge is 0.319 e. The Morgan fingerprint density at radius 2 is 2.05 bits per heavy atom. The second-order valence-corrected chi connectivity index (χ2v) is 6.88. The Hall–Kier alpha value is -1.20. The highest BCUT2D eigenvalue weighted by atomic mass is 32.1. The van der Waals surface area contributed by atoms with E-state index < -0.39 is 11.4 Å². The van der Waals surface area contributed by atoms with Gasteiger partial charge in [0.25, 0.3) is 0 Å². The number of hydrogen-bond acceptors (Lipinski definition) is 5. The lowest BCUT2D eigenvalue weighted by Crippen LogP contribution is -2.44. The second kappa shape index (κ2) is 7.71. The zero-order chi connectivity index (χ0) is 16.0. The number of thiophene rings is 1. The molecule has 1 rings (SSSR count). The number of carbonyl (C=O) groups is 2. The summed E-state index contributed by atoms with van der Waals surface area (Å²) in [4.78, 5) is 27.7. The van der Waals surface area contributed by atoms with Crippen molar-refractivity contribution in [3.63, 3.8) is 0 Å². The number of Topliss-reactive ketones (excluding diaryl/α,β-unsaturated/α-hetero) is 1. The highest BCUT2D eigenvalue weighted by molar-refractivity contribution is 7.09. The average Bonchev–Trinajstić information content (AvgIpc) is 2.90. The van der Waals surface area contributed by atoms with Crippen LogP contribution in [-0.2, 0) is 20.9 Å². The molecule has 0 fully saturated rings. The molecule has 0 unspecified atom stereocenters. The lowest BCUT2D eigenvalue weighted by molar-refractivity contribution is -0.158. The van der Waals surface area contributed by atoms with Crippen molar-refractivity contribution in [3.8, 4) is 0 Å². The number of ketones is 1. The number of nitrogens with zero attached hydrogens (tertiary/aromatic N) is 1. The van der Waals surface area contributed by atoms with Gasteiger partial charge in [-0.15, -0.1) is 11.3 Å². The maximum Gasteiger partial charge on any atom is 0.319 e. The maximum atomic E-state index is 12.5. The third-order valence-corrected chi connectivity index (χ3v) is 4.36. The second-order valence-electron chi connectivity index (χ2n) is 5.85. The van der Waals surface area contributed by atoms with E-state index in [0.717, 1.165) is 6.54 Å². The van der Waals surface area contributed by atoms with Crippen molar-refractivity contribution in [2.75, 3.05) is 13.2 Å². The first-order valence-corrected chi connectivity index (χ1v) is 8.14. The van der Waals surface area contributed by atoms with Crippen LogP contribution in [-0.4, -0.2) is 35.8 Å². The van der Waals surface area contributed by atoms with Gasteiger partial charge in [-0.05, 0) is 46.1 Å². The van der Waals surface area contributed by atoms with E-state index in [1.54, 1.807) is 32.1 Å². The highest BCUT2D eigenvalue weighted by Gasteiger charge is 2.38. The molecule has 1 heterocycles. The molecule has 0 bridgehead atoms. The molecular formula is C16H25NO3S. The van der Waals surface area contributed by atoms with E-state index in [0.29, 0.717) is 6.61 Å². The molecule has 0 aromatic carbocycles. The topological polar surface area (TPSA) is 46.6 Å². The van der Waals surface area contributed by atoms with Gasteiger partial charge in [0, 0.05) is 17.5 Å². The lowest BCUT2D eigenvalue weighted by Gasteiger charge is -2.29. The van der Waals surface area contributed by atoms with E-state index >= 15 is 0 Å². The van der Waals surface area contributed by atoms with Gasteiger partial charge in [-0.1, -0.05) is 6.07 Å². The van der Waals surface area contributed by atoms with Gasteiger partial charge in [0.15, 0.2) is 5.78 Å². The van der Waals surface area contributed by atoms with Crippen LogP contribution < -0.4 is 0 Å². The first-order valence-electron chi connectivity index (χ1n) is 7.26. The SMILES string of the molecule is CCOC(=O)C(C)(C)C(=O)CN(Cc1cccs1)C(C)C. The summed E-state index contributed by atoms with van der Waals surface area (Å²) < 4.78 is 5.00. The Morgan fingerprint density at radius 1 is 1.38 bits per heavy atom. The summed E-state index contributed by atoms with van der Waals surface area (Å²) >= 11 is 1.67. The zero-order valence-electron chi connectivity index (χ0n) is 13.5. The van der Waals surface area contributed by atoms with E-state index in [1.807, 2.05) is 11.4 Å². The predicted octanol–water partition coefficient (Wildman–Crippen LogP) is 3.12. The van der Waals surface area contributed by atoms with Crippen LogP contribution in [0.5, 0.6) is 0 Å². The molecule has 118 valence electrons. The van der Waals surface area contributed by atoms with Gasteiger partial charge in [0.05, 0.1) is 13.2 Å². The normalized spacial score (nSPS) is 12.0. The molecule has 1 aromatic heterocycles. The minimum Gasteiger partial charge on any atom is -0.465 e. The molecule has 5 heteroatoms. The van der Waals surface area contributed by atoms with Crippen LogP contribution in [0.2, 0.25) is 0 Å². The molecule has 0 radical (unpaired) electrons. The summed E-state index contributed by atoms with van der Waals surface area (Å²) in [6, 6.07) is 4.29. The summed E-state index contributed by atoms with van der Waals surface area (Å²) in [5.74, 6) is -0.555. The Balaban J connectivity index is 2.74. The largest absolute Gasteiger partial charge is 0.465 e. The minimum atomic E-state index is -1.10. The van der Waals surface area contributed by atoms with Crippen LogP contribution >= 0.6 is 11.3 Å². The molecule has 21 heavy (non-hydrogen) atoms. The number of carbonyl (C=O) groups excluding carboxylic acids is 2. The molecule has 0 N–H and O–H groups in total. The summed E-state index contributed by atoms with van der Waals surface area (Å²) in [7, 11) is 0. The molecular weight excluding hydrogens is 286 g/mol. The third-order valence-electron chi connectivity index (χ3n) is 3.50. The lowest BCUT2D eigenvalue weighted by atomic mass is 9.87. The van der Waals surface area contributed by atoms with Gasteiger partial charge in [-0.3, -0.25) is 14.5 Å². The molecule has 0 aliphatic carbocycles. The van der Waals surface area contributed by atoms with Crippen LogP contribution in [0.25, 0.3) is 0 Å². The van der Waals surface area contributed by atoms with Gasteiger partial charge < -0.3 is 4.74 Å². The Bertz CT molecular complexity index is 466. The minimum absolute atomic E-state index is 0.105. The predicted molar refractivity (Wildman–Crippen MR) is 85.3 cm³/mol. The Labute approximate surface area is 131 Å². The number of hydrogen-bond donors (Lipinski definition) is 0. The van der Waals surface area contributed by atoms with Gasteiger partial charge in [0.1, 0.15) is 5.41 Å². The monoisotopic (exact) mass is 311 g/mol. The fraction of sp³-hybridized carbons (Fsp3) is 0.625. The molecule has 1 aromatic rings. The molecule has 0 aliphatic rings. The fourth-order valence-corrected chi connectivity index (χ4v) is 2.56. The number of esters is 1. The molecule has 0 spiro atoms. The van der Waals surface area contributed by atoms with E-state index in [2.05, 4.69) is 24.8 Å². The fourth-order valence-electron chi connectivity index (χ4n) is 1.83. The first-order chi connectivity index (χ1) is 9.78. The molecule has 0 saturated carbocycles. The van der Waals surface area contributed by atoms with Crippen LogP contribution in [0.3, 0.4) is 0 Å². The number of ether oxygens (including phenoxy) is 1. The van der Waals surface area contributed by atoms with Gasteiger partial charge in [0.2, 0.25) is 0 Å². The van der Waals surface area contributed by atoms with Crippen molar-refractivity contribution >= 4 is 23.1 Å². The third kappa shape index (κ3) is 4.93. The Morgan fingerprint density at radius 3 is 2.52 bits per heavy atom. The molecule has 0 saturated heterocycles. The van der Waals surface area contributed by atoms with Crippen LogP contribution in [0, 0.1) is 5.41 Å². The molecule has 4 nitrogen and oxygen atoms in total. The first kappa shape index (κ1) is 17.9. The molecule has 0 amide bonds. The van der Waals surface area contributed by atoms with E-state index in [4.69, 9.17) is 4.74 Å². The zero-order valence-corrected chi connectivity index (χ0v) is 14.3. The van der Waals surface area contributed by atoms with Gasteiger partial charge in [-0.2, -0.15) is 0 Å². The molecule has 0 atom stereocenters. The van der Waals surface area contributed by atoms with E-state index in [9.17, 15) is 9.59 Å². The summed E-state index contributed by atoms with van der Waals surface area (Å²) in [5.41, 5.74) is -1.10. The van der Waals surface area contributed by atoms with Crippen molar-refractivity contribution in [2.24, 2.45) is 5.41 Å². The van der Waals surface area contributed by atoms with Crippen molar-refractivity contribution < 1.29 is 14.3 Å². The standard InChI is InChI=1S/C16H25NO3S/c1-6-20-15(19)16(4,5)14(18)11-17(12(2)3)10-13-8-7-9-21-13/h7-9,12H,6,10-11H2,1-5H3. The van der Waals surface area contributed by atoms with E-state index in [1.165, 1.54) is 4.88 Å². The van der Waals surface area contributed by atoms with Crippen molar-refractivity contribution in [1.29, 1.82) is 0 Å². The van der Waals surface area contributed by atoms with Gasteiger partial charge >= 0.3 is 5.97 Å². The summed E-state index contributed by atoms with van der Waals surface area (Å²) in [6.07, 6.45) is 0. The maximum absolute atomic E-state index is 12.5. The van der Waals surface area contributed by atoms with E-state index in [-0.39, 0.29) is 18.4 Å². The average molecular weight is 311 g/mol. The van der Waals surface area contributed by atoms with Crippen LogP contribution in [0.1, 0.15) is 39.5 Å². The molecule has 0 aliphatic heterocycles. The summed E-state index contributed by atoms with van der Waals surface area (Å²) in [6.45, 7) is 10.4. The van der Waals surface area contributed by atoms with Crippen LogP contribution in [0.15, 0.2) is 17.5 Å². The van der Waals surface area contributed by atoms with Crippen molar-refractivity contribution in [2.45, 2.75) is 47.2 Å².